The minimum atomic E-state index is -0.146. The van der Waals surface area contributed by atoms with Gasteiger partial charge in [-0.3, -0.25) is 4.79 Å². The lowest BCUT2D eigenvalue weighted by Crippen LogP contribution is -2.37. The van der Waals surface area contributed by atoms with E-state index in [-0.39, 0.29) is 17.9 Å². The lowest BCUT2D eigenvalue weighted by molar-refractivity contribution is -0.122. The summed E-state index contributed by atoms with van der Waals surface area (Å²) in [5.41, 5.74) is 6.59. The smallest absolute Gasteiger partial charge is 0.220 e. The molecule has 1 unspecified atom stereocenters. The van der Waals surface area contributed by atoms with Crippen molar-refractivity contribution in [2.45, 2.75) is 58.5 Å². The van der Waals surface area contributed by atoms with Crippen LogP contribution >= 0.6 is 0 Å². The third-order valence-electron chi connectivity index (χ3n) is 4.16. The van der Waals surface area contributed by atoms with E-state index >= 15 is 0 Å². The maximum absolute atomic E-state index is 11.1. The zero-order chi connectivity index (χ0) is 14.0. The number of primary amides is 1. The van der Waals surface area contributed by atoms with Gasteiger partial charge < -0.3 is 15.5 Å². The molecule has 4 nitrogen and oxygen atoms in total. The van der Waals surface area contributed by atoms with Crippen LogP contribution in [0.1, 0.15) is 55.7 Å². The SMILES string of the molecule is Cc1cc(C(C)NC2CCC(C(N)=O)CC2)c(C)o1. The van der Waals surface area contributed by atoms with Crippen molar-refractivity contribution in [3.63, 3.8) is 0 Å². The largest absolute Gasteiger partial charge is 0.466 e. The number of nitrogens with two attached hydrogens (primary N) is 1. The molecule has 0 radical (unpaired) electrons. The number of carbonyl (C=O) groups excluding carboxylic acids is 1. The molecule has 106 valence electrons. The first-order valence-electron chi connectivity index (χ1n) is 7.09. The molecule has 1 atom stereocenters. The van der Waals surface area contributed by atoms with Crippen LogP contribution in [0.4, 0.5) is 0 Å². The van der Waals surface area contributed by atoms with Crippen LogP contribution in [-0.4, -0.2) is 11.9 Å². The molecule has 0 saturated heterocycles. The molecule has 1 aliphatic carbocycles. The van der Waals surface area contributed by atoms with Crippen molar-refractivity contribution in [1.29, 1.82) is 0 Å². The summed E-state index contributed by atoms with van der Waals surface area (Å²) in [7, 11) is 0. The molecule has 3 N–H and O–H groups in total. The van der Waals surface area contributed by atoms with Crippen LogP contribution in [0, 0.1) is 19.8 Å². The van der Waals surface area contributed by atoms with Crippen molar-refractivity contribution in [3.05, 3.63) is 23.2 Å². The Kier molecular flexibility index (Phi) is 4.30. The molecule has 2 rings (SSSR count). The van der Waals surface area contributed by atoms with Gasteiger partial charge in [0, 0.05) is 23.6 Å². The van der Waals surface area contributed by atoms with Crippen LogP contribution < -0.4 is 11.1 Å². The van der Waals surface area contributed by atoms with Crippen LogP contribution in [0.3, 0.4) is 0 Å². The van der Waals surface area contributed by atoms with E-state index in [1.807, 2.05) is 13.8 Å². The molecule has 1 aromatic rings. The van der Waals surface area contributed by atoms with Crippen LogP contribution in [0.15, 0.2) is 10.5 Å². The van der Waals surface area contributed by atoms with Gasteiger partial charge in [-0.05, 0) is 52.5 Å². The summed E-state index contributed by atoms with van der Waals surface area (Å²) < 4.78 is 5.57. The van der Waals surface area contributed by atoms with Gasteiger partial charge in [0.1, 0.15) is 11.5 Å². The summed E-state index contributed by atoms with van der Waals surface area (Å²) >= 11 is 0. The number of nitrogens with one attached hydrogen (secondary N) is 1. The third-order valence-corrected chi connectivity index (χ3v) is 4.16. The molecule has 1 fully saturated rings. The molecular weight excluding hydrogens is 240 g/mol. The lowest BCUT2D eigenvalue weighted by Gasteiger charge is -2.29. The van der Waals surface area contributed by atoms with E-state index in [9.17, 15) is 4.79 Å². The van der Waals surface area contributed by atoms with Crippen molar-refractivity contribution in [1.82, 2.24) is 5.32 Å². The Hall–Kier alpha value is -1.29. The van der Waals surface area contributed by atoms with Gasteiger partial charge in [0.2, 0.25) is 5.91 Å². The Morgan fingerprint density at radius 1 is 1.37 bits per heavy atom. The van der Waals surface area contributed by atoms with Crippen LogP contribution in [0.25, 0.3) is 0 Å². The number of furan rings is 1. The van der Waals surface area contributed by atoms with E-state index in [2.05, 4.69) is 18.3 Å². The molecule has 0 bridgehead atoms. The molecule has 4 heteroatoms. The van der Waals surface area contributed by atoms with Gasteiger partial charge >= 0.3 is 0 Å². The third kappa shape index (κ3) is 3.38. The highest BCUT2D eigenvalue weighted by atomic mass is 16.3. The van der Waals surface area contributed by atoms with Gasteiger partial charge in [0.05, 0.1) is 0 Å². The highest BCUT2D eigenvalue weighted by Crippen LogP contribution is 2.27. The predicted molar refractivity (Wildman–Crippen MR) is 74.7 cm³/mol. The molecule has 1 amide bonds. The van der Waals surface area contributed by atoms with Crippen molar-refractivity contribution >= 4 is 5.91 Å². The summed E-state index contributed by atoms with van der Waals surface area (Å²) in [4.78, 5) is 11.1. The quantitative estimate of drug-likeness (QED) is 0.878. The lowest BCUT2D eigenvalue weighted by atomic mass is 9.85. The fraction of sp³-hybridized carbons (Fsp3) is 0.667. The van der Waals surface area contributed by atoms with E-state index < -0.39 is 0 Å². The summed E-state index contributed by atoms with van der Waals surface area (Å²) in [6.45, 7) is 6.14. The topological polar surface area (TPSA) is 68.3 Å². The standard InChI is InChI=1S/C15H24N2O2/c1-9-8-14(11(3)19-9)10(2)17-13-6-4-12(5-7-13)15(16)18/h8,10,12-13,17H,4-7H2,1-3H3,(H2,16,18). The second-order valence-corrected chi connectivity index (χ2v) is 5.71. The first-order chi connectivity index (χ1) is 8.97. The second-order valence-electron chi connectivity index (χ2n) is 5.71. The maximum Gasteiger partial charge on any atom is 0.220 e. The second kappa shape index (κ2) is 5.78. The Bertz CT molecular complexity index is 445. The molecule has 0 aromatic carbocycles. The van der Waals surface area contributed by atoms with Gasteiger partial charge in [-0.2, -0.15) is 0 Å². The molecule has 0 spiro atoms. The van der Waals surface area contributed by atoms with E-state index in [4.69, 9.17) is 10.2 Å². The van der Waals surface area contributed by atoms with Crippen molar-refractivity contribution in [2.24, 2.45) is 11.7 Å². The Balaban J connectivity index is 1.89. The van der Waals surface area contributed by atoms with Crippen molar-refractivity contribution in [3.8, 4) is 0 Å². The zero-order valence-electron chi connectivity index (χ0n) is 12.0. The minimum absolute atomic E-state index is 0.0752. The molecule has 1 saturated carbocycles. The molecule has 1 aromatic heterocycles. The molecule has 1 aliphatic rings. The van der Waals surface area contributed by atoms with Gasteiger partial charge in [0.15, 0.2) is 0 Å². The Labute approximate surface area is 114 Å². The summed E-state index contributed by atoms with van der Waals surface area (Å²) in [6, 6.07) is 2.86. The van der Waals surface area contributed by atoms with E-state index in [1.54, 1.807) is 0 Å². The number of rotatable bonds is 4. The zero-order valence-corrected chi connectivity index (χ0v) is 12.0. The predicted octanol–water partition coefficient (Wildman–Crippen LogP) is 2.59. The number of aryl methyl sites for hydroxylation is 2. The molecule has 19 heavy (non-hydrogen) atoms. The average molecular weight is 264 g/mol. The number of carbonyl (C=O) groups is 1. The minimum Gasteiger partial charge on any atom is -0.466 e. The molecule has 1 heterocycles. The van der Waals surface area contributed by atoms with E-state index in [1.165, 1.54) is 5.56 Å². The summed E-state index contributed by atoms with van der Waals surface area (Å²) in [6.07, 6.45) is 3.86. The van der Waals surface area contributed by atoms with Crippen LogP contribution in [0.2, 0.25) is 0 Å². The number of hydrogen-bond acceptors (Lipinski definition) is 3. The van der Waals surface area contributed by atoms with Crippen molar-refractivity contribution in [2.75, 3.05) is 0 Å². The van der Waals surface area contributed by atoms with Crippen LogP contribution in [0.5, 0.6) is 0 Å². The van der Waals surface area contributed by atoms with Gasteiger partial charge in [0.25, 0.3) is 0 Å². The highest BCUT2D eigenvalue weighted by Gasteiger charge is 2.26. The Morgan fingerprint density at radius 2 is 2.00 bits per heavy atom. The molecule has 0 aliphatic heterocycles. The first-order valence-corrected chi connectivity index (χ1v) is 7.09. The van der Waals surface area contributed by atoms with Crippen LogP contribution in [-0.2, 0) is 4.79 Å². The first kappa shape index (κ1) is 14.1. The fourth-order valence-corrected chi connectivity index (χ4v) is 3.07. The Morgan fingerprint density at radius 3 is 2.47 bits per heavy atom. The average Bonchev–Trinajstić information content (AvgIpc) is 2.69. The van der Waals surface area contributed by atoms with E-state index in [0.29, 0.717) is 6.04 Å². The summed E-state index contributed by atoms with van der Waals surface area (Å²) in [5.74, 6) is 1.88. The maximum atomic E-state index is 11.1. The fourth-order valence-electron chi connectivity index (χ4n) is 3.07. The van der Waals surface area contributed by atoms with Gasteiger partial charge in [-0.1, -0.05) is 0 Å². The number of amides is 1. The molecular formula is C15H24N2O2. The monoisotopic (exact) mass is 264 g/mol. The van der Waals surface area contributed by atoms with E-state index in [0.717, 1.165) is 37.2 Å². The normalized spacial score (nSPS) is 25.2. The number of hydrogen-bond donors (Lipinski definition) is 2. The highest BCUT2D eigenvalue weighted by molar-refractivity contribution is 5.76. The van der Waals surface area contributed by atoms with Crippen molar-refractivity contribution < 1.29 is 9.21 Å². The summed E-state index contributed by atoms with van der Waals surface area (Å²) in [5, 5.41) is 3.64. The van der Waals surface area contributed by atoms with Gasteiger partial charge in [-0.15, -0.1) is 0 Å². The van der Waals surface area contributed by atoms with Gasteiger partial charge in [-0.25, -0.2) is 0 Å².